The normalized spacial score (nSPS) is 11.3. The molecule has 0 bridgehead atoms. The summed E-state index contributed by atoms with van der Waals surface area (Å²) in [5.74, 6) is 11.6. The Bertz CT molecular complexity index is 470. The van der Waals surface area contributed by atoms with Crippen LogP contribution in [0.15, 0.2) is 30.5 Å². The van der Waals surface area contributed by atoms with Crippen molar-refractivity contribution >= 4 is 11.2 Å². The molecule has 0 spiro atoms. The fourth-order valence-electron chi connectivity index (χ4n) is 1.83. The zero-order valence-corrected chi connectivity index (χ0v) is 9.01. The molecule has 0 aliphatic heterocycles. The summed E-state index contributed by atoms with van der Waals surface area (Å²) in [5.41, 5.74) is 3.12. The number of hydrazine groups is 2. The second-order valence-electron chi connectivity index (χ2n) is 3.97. The number of pyridine rings is 1. The number of hydrogen-bond donors (Lipinski definition) is 2. The van der Waals surface area contributed by atoms with E-state index in [-0.39, 0.29) is 0 Å². The predicted octanol–water partition coefficient (Wildman–Crippen LogP) is 1.62. The fraction of sp³-hybridized carbons (Fsp3) is 0.273. The van der Waals surface area contributed by atoms with Gasteiger partial charge in [-0.25, -0.2) is 16.8 Å². The van der Waals surface area contributed by atoms with Crippen LogP contribution in [0.4, 0.5) is 5.69 Å². The summed E-state index contributed by atoms with van der Waals surface area (Å²) in [5, 5.41) is 1.15. The van der Waals surface area contributed by atoms with Crippen LogP contribution in [0.5, 0.6) is 0 Å². The van der Waals surface area contributed by atoms with E-state index in [1.807, 2.05) is 24.4 Å². The van der Waals surface area contributed by atoms with Crippen molar-refractivity contribution in [1.29, 1.82) is 0 Å². The van der Waals surface area contributed by atoms with Crippen LogP contribution in [0.2, 0.25) is 0 Å². The fourth-order valence-corrected chi connectivity index (χ4v) is 1.83. The van der Waals surface area contributed by atoms with Gasteiger partial charge in [0.05, 0.1) is 11.2 Å². The molecule has 0 amide bonds. The van der Waals surface area contributed by atoms with Crippen LogP contribution >= 0.6 is 0 Å². The Hall–Kier alpha value is -1.52. The molecule has 2 heterocycles. The van der Waals surface area contributed by atoms with Crippen LogP contribution < -0.4 is 16.8 Å². The molecule has 0 aromatic carbocycles. The van der Waals surface area contributed by atoms with Gasteiger partial charge in [0.2, 0.25) is 0 Å². The first-order valence-electron chi connectivity index (χ1n) is 5.00. The third kappa shape index (κ3) is 1.58. The van der Waals surface area contributed by atoms with E-state index < -0.39 is 0 Å². The first-order valence-corrected chi connectivity index (χ1v) is 5.00. The first-order chi connectivity index (χ1) is 7.11. The number of fused-ring (bicyclic) bond motifs is 1. The molecule has 2 aromatic rings. The molecule has 0 radical (unpaired) electrons. The van der Waals surface area contributed by atoms with Gasteiger partial charge in [0.15, 0.2) is 0 Å². The second-order valence-corrected chi connectivity index (χ2v) is 3.97. The minimum atomic E-state index is 0.470. The van der Waals surface area contributed by atoms with Crippen LogP contribution in [0.25, 0.3) is 5.52 Å². The second kappa shape index (κ2) is 3.56. The highest BCUT2D eigenvalue weighted by molar-refractivity contribution is 5.73. The molecule has 0 aliphatic rings. The van der Waals surface area contributed by atoms with Crippen molar-refractivity contribution in [1.82, 2.24) is 4.40 Å². The van der Waals surface area contributed by atoms with Crippen molar-refractivity contribution in [2.75, 3.05) is 5.12 Å². The Kier molecular flexibility index (Phi) is 2.38. The Morgan fingerprint density at radius 3 is 2.53 bits per heavy atom. The summed E-state index contributed by atoms with van der Waals surface area (Å²) >= 11 is 0. The van der Waals surface area contributed by atoms with Crippen molar-refractivity contribution in [2.24, 2.45) is 11.7 Å². The highest BCUT2D eigenvalue weighted by atomic mass is 15.6. The Balaban J connectivity index is 2.69. The molecule has 0 aliphatic carbocycles. The quantitative estimate of drug-likeness (QED) is 0.577. The summed E-state index contributed by atoms with van der Waals surface area (Å²) < 4.78 is 2.12. The Morgan fingerprint density at radius 1 is 1.20 bits per heavy atom. The van der Waals surface area contributed by atoms with Gasteiger partial charge in [0, 0.05) is 11.9 Å². The minimum Gasteiger partial charge on any atom is -0.319 e. The van der Waals surface area contributed by atoms with Gasteiger partial charge in [-0.2, -0.15) is 0 Å². The maximum atomic E-state index is 5.55. The van der Waals surface area contributed by atoms with E-state index in [2.05, 4.69) is 24.3 Å². The van der Waals surface area contributed by atoms with Crippen molar-refractivity contribution in [3.05, 3.63) is 36.2 Å². The number of nitrogens with two attached hydrogens (primary N) is 2. The third-order valence-corrected chi connectivity index (χ3v) is 2.57. The maximum Gasteiger partial charge on any atom is 0.0951 e. The van der Waals surface area contributed by atoms with Gasteiger partial charge in [-0.1, -0.05) is 19.9 Å². The Morgan fingerprint density at radius 2 is 1.93 bits per heavy atom. The molecule has 2 aromatic heterocycles. The van der Waals surface area contributed by atoms with E-state index in [1.165, 1.54) is 5.69 Å². The zero-order valence-electron chi connectivity index (χ0n) is 9.01. The summed E-state index contributed by atoms with van der Waals surface area (Å²) in [4.78, 5) is 0. The minimum absolute atomic E-state index is 0.470. The van der Waals surface area contributed by atoms with E-state index in [9.17, 15) is 0 Å². The van der Waals surface area contributed by atoms with Crippen LogP contribution in [-0.2, 0) is 0 Å². The monoisotopic (exact) mass is 204 g/mol. The van der Waals surface area contributed by atoms with Gasteiger partial charge < -0.3 is 4.40 Å². The summed E-state index contributed by atoms with van der Waals surface area (Å²) in [6.07, 6.45) is 1.99. The Labute approximate surface area is 89.0 Å². The van der Waals surface area contributed by atoms with Crippen LogP contribution in [0.1, 0.15) is 25.5 Å². The third-order valence-electron chi connectivity index (χ3n) is 2.57. The number of nitrogens with zero attached hydrogens (tertiary/aromatic N) is 2. The lowest BCUT2D eigenvalue weighted by molar-refractivity contribution is 0.802. The van der Waals surface area contributed by atoms with E-state index >= 15 is 0 Å². The topological polar surface area (TPSA) is 59.7 Å². The van der Waals surface area contributed by atoms with Gasteiger partial charge in [0.1, 0.15) is 0 Å². The molecule has 0 saturated heterocycles. The summed E-state index contributed by atoms with van der Waals surface area (Å²) in [7, 11) is 0. The number of aromatic nitrogens is 1. The lowest BCUT2D eigenvalue weighted by Gasteiger charge is -2.12. The molecule has 4 N–H and O–H groups in total. The molecule has 80 valence electrons. The standard InChI is InChI=1S/C11H16N4/c1-8(2)9-4-3-5-10-11(15(12)13)6-7-14(9)10/h3-8H,12-13H2,1-2H3. The smallest absolute Gasteiger partial charge is 0.0951 e. The number of anilines is 1. The molecule has 4 nitrogen and oxygen atoms in total. The highest BCUT2D eigenvalue weighted by Gasteiger charge is 2.09. The molecular formula is C11H16N4. The lowest BCUT2D eigenvalue weighted by atomic mass is 10.1. The highest BCUT2D eigenvalue weighted by Crippen LogP contribution is 2.24. The number of hydrogen-bond acceptors (Lipinski definition) is 3. The van der Waals surface area contributed by atoms with Crippen molar-refractivity contribution in [3.8, 4) is 0 Å². The van der Waals surface area contributed by atoms with Crippen molar-refractivity contribution < 1.29 is 0 Å². The largest absolute Gasteiger partial charge is 0.319 e. The van der Waals surface area contributed by atoms with Crippen LogP contribution in [-0.4, -0.2) is 4.40 Å². The van der Waals surface area contributed by atoms with Gasteiger partial charge in [-0.15, -0.1) is 0 Å². The lowest BCUT2D eigenvalue weighted by Crippen LogP contribution is -2.37. The first kappa shape index (κ1) is 10.0. The average molecular weight is 204 g/mol. The van der Waals surface area contributed by atoms with Gasteiger partial charge >= 0.3 is 0 Å². The molecule has 0 unspecified atom stereocenters. The van der Waals surface area contributed by atoms with E-state index in [0.717, 1.165) is 16.3 Å². The van der Waals surface area contributed by atoms with E-state index in [4.69, 9.17) is 11.7 Å². The molecule has 4 heteroatoms. The van der Waals surface area contributed by atoms with Crippen LogP contribution in [0.3, 0.4) is 0 Å². The molecule has 0 saturated carbocycles. The molecule has 15 heavy (non-hydrogen) atoms. The number of rotatable bonds is 2. The SMILES string of the molecule is CC(C)c1cccc2c(N(N)N)ccn12. The maximum absolute atomic E-state index is 5.55. The van der Waals surface area contributed by atoms with Gasteiger partial charge in [-0.05, 0) is 24.1 Å². The van der Waals surface area contributed by atoms with Crippen LogP contribution in [0, 0.1) is 0 Å². The van der Waals surface area contributed by atoms with E-state index in [1.54, 1.807) is 0 Å². The van der Waals surface area contributed by atoms with E-state index in [0.29, 0.717) is 5.92 Å². The van der Waals surface area contributed by atoms with Crippen molar-refractivity contribution in [3.63, 3.8) is 0 Å². The van der Waals surface area contributed by atoms with Gasteiger partial charge in [-0.3, -0.25) is 0 Å². The summed E-state index contributed by atoms with van der Waals surface area (Å²) in [6, 6.07) is 8.06. The molecule has 0 fully saturated rings. The average Bonchev–Trinajstić information content (AvgIpc) is 2.59. The molecule has 2 rings (SSSR count). The zero-order chi connectivity index (χ0) is 11.0. The molecular weight excluding hydrogens is 188 g/mol. The predicted molar refractivity (Wildman–Crippen MR) is 62.3 cm³/mol. The van der Waals surface area contributed by atoms with Crippen molar-refractivity contribution in [2.45, 2.75) is 19.8 Å². The van der Waals surface area contributed by atoms with Gasteiger partial charge in [0.25, 0.3) is 0 Å². The summed E-state index contributed by atoms with van der Waals surface area (Å²) in [6.45, 7) is 4.33. The molecule has 0 atom stereocenters.